The zero-order valence-corrected chi connectivity index (χ0v) is 20.3. The number of aromatic nitrogens is 2. The lowest BCUT2D eigenvalue weighted by Crippen LogP contribution is -2.49. The molecule has 2 aromatic carbocycles. The molecule has 0 spiro atoms. The Balaban J connectivity index is 1.18. The maximum Gasteiger partial charge on any atom is 0.233 e. The standard InChI is InChI=1S/C23H24ClN5O2S2/c24-18-7-9-19(10-8-18)28-12-14-29(15-13-28)21(31)16-32-23-27-26-22(33-23)25-20(30)11-6-17-4-2-1-3-5-17/h1-5,7-10H,6,11-16H2,(H,25,26,30). The molecule has 1 N–H and O–H groups in total. The molecule has 1 saturated heterocycles. The van der Waals surface area contributed by atoms with Gasteiger partial charge in [-0.1, -0.05) is 65.0 Å². The lowest BCUT2D eigenvalue weighted by atomic mass is 10.1. The molecule has 3 aromatic rings. The van der Waals surface area contributed by atoms with Gasteiger partial charge in [-0.2, -0.15) is 0 Å². The topological polar surface area (TPSA) is 78.4 Å². The van der Waals surface area contributed by atoms with Crippen LogP contribution >= 0.6 is 34.7 Å². The van der Waals surface area contributed by atoms with Gasteiger partial charge in [0.15, 0.2) is 4.34 Å². The summed E-state index contributed by atoms with van der Waals surface area (Å²) in [5.41, 5.74) is 2.24. The molecule has 2 amide bonds. The Labute approximate surface area is 206 Å². The van der Waals surface area contributed by atoms with Crippen molar-refractivity contribution in [2.45, 2.75) is 17.2 Å². The second-order valence-electron chi connectivity index (χ2n) is 7.54. The predicted molar refractivity (Wildman–Crippen MR) is 134 cm³/mol. The summed E-state index contributed by atoms with van der Waals surface area (Å²) in [4.78, 5) is 28.9. The molecule has 7 nitrogen and oxygen atoms in total. The maximum absolute atomic E-state index is 12.6. The summed E-state index contributed by atoms with van der Waals surface area (Å²) in [5, 5.41) is 12.1. The zero-order valence-electron chi connectivity index (χ0n) is 17.9. The second-order valence-corrected chi connectivity index (χ2v) is 10.2. The molecule has 0 atom stereocenters. The third-order valence-corrected chi connectivity index (χ3v) is 7.49. The smallest absolute Gasteiger partial charge is 0.233 e. The van der Waals surface area contributed by atoms with Crippen LogP contribution in [0.5, 0.6) is 0 Å². The average molecular weight is 502 g/mol. The SMILES string of the molecule is O=C(CCc1ccccc1)Nc1nnc(SCC(=O)N2CCN(c3ccc(Cl)cc3)CC2)s1. The lowest BCUT2D eigenvalue weighted by Gasteiger charge is -2.36. The Morgan fingerprint density at radius 2 is 1.73 bits per heavy atom. The molecular weight excluding hydrogens is 478 g/mol. The summed E-state index contributed by atoms with van der Waals surface area (Å²) in [6.45, 7) is 2.94. The van der Waals surface area contributed by atoms with Crippen molar-refractivity contribution in [3.63, 3.8) is 0 Å². The molecule has 0 aliphatic carbocycles. The minimum atomic E-state index is -0.0961. The van der Waals surface area contributed by atoms with E-state index >= 15 is 0 Å². The largest absolute Gasteiger partial charge is 0.368 e. The van der Waals surface area contributed by atoms with Crippen LogP contribution in [0.25, 0.3) is 0 Å². The van der Waals surface area contributed by atoms with Crippen molar-refractivity contribution in [1.82, 2.24) is 15.1 Å². The van der Waals surface area contributed by atoms with Crippen LogP contribution < -0.4 is 10.2 Å². The van der Waals surface area contributed by atoms with Gasteiger partial charge in [0.05, 0.1) is 5.75 Å². The molecule has 4 rings (SSSR count). The highest BCUT2D eigenvalue weighted by Gasteiger charge is 2.22. The van der Waals surface area contributed by atoms with Gasteiger partial charge in [0.2, 0.25) is 16.9 Å². The van der Waals surface area contributed by atoms with Crippen LogP contribution in [0.1, 0.15) is 12.0 Å². The van der Waals surface area contributed by atoms with Crippen LogP contribution in [0.3, 0.4) is 0 Å². The van der Waals surface area contributed by atoms with Crippen molar-refractivity contribution in [2.75, 3.05) is 42.1 Å². The van der Waals surface area contributed by atoms with E-state index in [1.165, 1.54) is 23.1 Å². The van der Waals surface area contributed by atoms with Crippen LogP contribution in [-0.4, -0.2) is 58.8 Å². The second kappa shape index (κ2) is 11.5. The summed E-state index contributed by atoms with van der Waals surface area (Å²) >= 11 is 8.60. The van der Waals surface area contributed by atoms with E-state index in [1.807, 2.05) is 59.5 Å². The van der Waals surface area contributed by atoms with Crippen molar-refractivity contribution in [2.24, 2.45) is 0 Å². The summed E-state index contributed by atoms with van der Waals surface area (Å²) in [6.07, 6.45) is 1.05. The molecule has 0 unspecified atom stereocenters. The normalized spacial score (nSPS) is 13.7. The average Bonchev–Trinajstić information content (AvgIpc) is 3.29. The van der Waals surface area contributed by atoms with E-state index in [-0.39, 0.29) is 11.8 Å². The molecule has 1 aliphatic heterocycles. The maximum atomic E-state index is 12.6. The molecule has 33 heavy (non-hydrogen) atoms. The van der Waals surface area contributed by atoms with Crippen molar-refractivity contribution < 1.29 is 9.59 Å². The van der Waals surface area contributed by atoms with Crippen LogP contribution in [-0.2, 0) is 16.0 Å². The number of halogens is 1. The molecule has 0 bridgehead atoms. The molecule has 1 aromatic heterocycles. The van der Waals surface area contributed by atoms with Gasteiger partial charge in [-0.25, -0.2) is 0 Å². The molecular formula is C23H24ClN5O2S2. The van der Waals surface area contributed by atoms with E-state index in [4.69, 9.17) is 11.6 Å². The summed E-state index contributed by atoms with van der Waals surface area (Å²) in [7, 11) is 0. The number of anilines is 2. The van der Waals surface area contributed by atoms with E-state index in [9.17, 15) is 9.59 Å². The van der Waals surface area contributed by atoms with Crippen LogP contribution in [0.4, 0.5) is 10.8 Å². The molecule has 0 radical (unpaired) electrons. The number of amides is 2. The monoisotopic (exact) mass is 501 g/mol. The van der Waals surface area contributed by atoms with Gasteiger partial charge in [0.25, 0.3) is 0 Å². The van der Waals surface area contributed by atoms with Gasteiger partial charge < -0.3 is 15.1 Å². The fraction of sp³-hybridized carbons (Fsp3) is 0.304. The van der Waals surface area contributed by atoms with Gasteiger partial charge in [0.1, 0.15) is 0 Å². The Morgan fingerprint density at radius 1 is 1.00 bits per heavy atom. The van der Waals surface area contributed by atoms with E-state index in [2.05, 4.69) is 20.4 Å². The summed E-state index contributed by atoms with van der Waals surface area (Å²) in [5.74, 6) is 0.290. The first-order valence-corrected chi connectivity index (χ1v) is 12.8. The molecule has 0 saturated carbocycles. The Hall–Kier alpha value is -2.62. The van der Waals surface area contributed by atoms with Crippen molar-refractivity contribution >= 4 is 57.3 Å². The van der Waals surface area contributed by atoms with E-state index < -0.39 is 0 Å². The van der Waals surface area contributed by atoms with Crippen molar-refractivity contribution in [3.05, 3.63) is 65.2 Å². The number of nitrogens with one attached hydrogen (secondary N) is 1. The van der Waals surface area contributed by atoms with E-state index in [1.54, 1.807) is 0 Å². The molecule has 1 fully saturated rings. The van der Waals surface area contributed by atoms with Crippen LogP contribution in [0.2, 0.25) is 5.02 Å². The van der Waals surface area contributed by atoms with Crippen LogP contribution in [0.15, 0.2) is 58.9 Å². The van der Waals surface area contributed by atoms with Gasteiger partial charge in [-0.3, -0.25) is 9.59 Å². The van der Waals surface area contributed by atoms with Crippen LogP contribution in [0, 0.1) is 0 Å². The van der Waals surface area contributed by atoms with Gasteiger partial charge >= 0.3 is 0 Å². The minimum Gasteiger partial charge on any atom is -0.368 e. The number of hydrogen-bond acceptors (Lipinski definition) is 7. The highest BCUT2D eigenvalue weighted by Crippen LogP contribution is 2.26. The minimum absolute atomic E-state index is 0.0828. The van der Waals surface area contributed by atoms with E-state index in [0.29, 0.717) is 41.2 Å². The third-order valence-electron chi connectivity index (χ3n) is 5.28. The fourth-order valence-electron chi connectivity index (χ4n) is 3.48. The molecule has 10 heteroatoms. The number of piperazine rings is 1. The first kappa shape index (κ1) is 23.5. The molecule has 172 valence electrons. The predicted octanol–water partition coefficient (Wildman–Crippen LogP) is 4.20. The number of aryl methyl sites for hydroxylation is 1. The molecule has 2 heterocycles. The highest BCUT2D eigenvalue weighted by molar-refractivity contribution is 8.01. The van der Waals surface area contributed by atoms with Crippen molar-refractivity contribution in [3.8, 4) is 0 Å². The van der Waals surface area contributed by atoms with Crippen molar-refractivity contribution in [1.29, 1.82) is 0 Å². The highest BCUT2D eigenvalue weighted by atomic mass is 35.5. The number of hydrogen-bond donors (Lipinski definition) is 1. The summed E-state index contributed by atoms with van der Waals surface area (Å²) < 4.78 is 0.668. The number of carbonyl (C=O) groups excluding carboxylic acids is 2. The number of carbonyl (C=O) groups is 2. The van der Waals surface area contributed by atoms with Gasteiger partial charge in [-0.05, 0) is 36.2 Å². The lowest BCUT2D eigenvalue weighted by molar-refractivity contribution is -0.128. The van der Waals surface area contributed by atoms with E-state index in [0.717, 1.165) is 29.4 Å². The third kappa shape index (κ3) is 6.93. The Kier molecular flexibility index (Phi) is 8.20. The Bertz CT molecular complexity index is 1070. The number of thioether (sulfide) groups is 1. The molecule has 1 aliphatic rings. The first-order valence-electron chi connectivity index (χ1n) is 10.7. The first-order chi connectivity index (χ1) is 16.1. The number of rotatable bonds is 8. The number of benzene rings is 2. The zero-order chi connectivity index (χ0) is 23.0. The fourth-order valence-corrected chi connectivity index (χ4v) is 5.28. The van der Waals surface area contributed by atoms with Gasteiger partial charge in [-0.15, -0.1) is 10.2 Å². The summed E-state index contributed by atoms with van der Waals surface area (Å²) in [6, 6.07) is 17.6. The Morgan fingerprint density at radius 3 is 2.45 bits per heavy atom. The van der Waals surface area contributed by atoms with Gasteiger partial charge in [0, 0.05) is 43.3 Å². The number of nitrogens with zero attached hydrogens (tertiary/aromatic N) is 4. The quantitative estimate of drug-likeness (QED) is 0.368.